The number of para-hydroxylation sites is 3. The molecule has 5 nitrogen and oxygen atoms in total. The number of nitrogens with one attached hydrogen (secondary N) is 1. The van der Waals surface area contributed by atoms with Gasteiger partial charge in [0.15, 0.2) is 0 Å². The number of carbonyl (C=O) groups is 2. The van der Waals surface area contributed by atoms with E-state index in [-0.39, 0.29) is 11.8 Å². The number of amides is 2. The molecule has 1 spiro atoms. The molecule has 1 unspecified atom stereocenters. The Hall–Kier alpha value is -4.64. The fourth-order valence-electron chi connectivity index (χ4n) is 5.00. The molecule has 2 heterocycles. The molecule has 35 heavy (non-hydrogen) atoms. The van der Waals surface area contributed by atoms with Crippen molar-refractivity contribution in [3.8, 4) is 0 Å². The van der Waals surface area contributed by atoms with Crippen LogP contribution in [0, 0.1) is 0 Å². The van der Waals surface area contributed by atoms with Crippen molar-refractivity contribution >= 4 is 35.0 Å². The van der Waals surface area contributed by atoms with Crippen molar-refractivity contribution in [2.75, 3.05) is 21.7 Å². The Morgan fingerprint density at radius 3 is 2.20 bits per heavy atom. The van der Waals surface area contributed by atoms with Crippen LogP contribution in [0.3, 0.4) is 0 Å². The van der Waals surface area contributed by atoms with Crippen LogP contribution >= 0.6 is 0 Å². The number of nitrogens with zero attached hydrogens (tertiary/aromatic N) is 2. The molecule has 4 aromatic rings. The van der Waals surface area contributed by atoms with E-state index in [1.807, 2.05) is 115 Å². The molecule has 5 heteroatoms. The molecule has 1 N–H and O–H groups in total. The van der Waals surface area contributed by atoms with E-state index in [9.17, 15) is 9.59 Å². The molecule has 2 aliphatic heterocycles. The molecule has 0 saturated carbocycles. The van der Waals surface area contributed by atoms with Crippen LogP contribution in [0.2, 0.25) is 0 Å². The van der Waals surface area contributed by atoms with E-state index < -0.39 is 5.66 Å². The second-order valence-corrected chi connectivity index (χ2v) is 8.60. The Balaban J connectivity index is 1.50. The lowest BCUT2D eigenvalue weighted by Crippen LogP contribution is -2.63. The topological polar surface area (TPSA) is 52.7 Å². The zero-order valence-electron chi connectivity index (χ0n) is 19.0. The van der Waals surface area contributed by atoms with Crippen LogP contribution in [-0.4, -0.2) is 18.4 Å². The minimum absolute atomic E-state index is 0.192. The first-order valence-corrected chi connectivity index (χ1v) is 11.6. The average molecular weight is 458 g/mol. The van der Waals surface area contributed by atoms with Gasteiger partial charge in [0.2, 0.25) is 5.66 Å². The number of fused-ring (bicyclic) bond motifs is 3. The van der Waals surface area contributed by atoms with Gasteiger partial charge in [-0.25, -0.2) is 0 Å². The van der Waals surface area contributed by atoms with Gasteiger partial charge in [-0.05, 0) is 35.9 Å². The third kappa shape index (κ3) is 3.24. The van der Waals surface area contributed by atoms with Gasteiger partial charge in [0.05, 0.1) is 11.3 Å². The third-order valence-corrected chi connectivity index (χ3v) is 6.56. The van der Waals surface area contributed by atoms with Gasteiger partial charge in [-0.2, -0.15) is 0 Å². The molecular formula is C30H23N3O2. The van der Waals surface area contributed by atoms with Gasteiger partial charge in [-0.1, -0.05) is 91.0 Å². The van der Waals surface area contributed by atoms with E-state index in [0.717, 1.165) is 16.8 Å². The highest BCUT2D eigenvalue weighted by Crippen LogP contribution is 2.49. The van der Waals surface area contributed by atoms with Gasteiger partial charge in [-0.3, -0.25) is 14.5 Å². The van der Waals surface area contributed by atoms with E-state index in [2.05, 4.69) is 5.32 Å². The average Bonchev–Trinajstić information content (AvgIpc) is 3.13. The van der Waals surface area contributed by atoms with Gasteiger partial charge in [0, 0.05) is 23.5 Å². The van der Waals surface area contributed by atoms with Gasteiger partial charge in [0.25, 0.3) is 11.8 Å². The second kappa shape index (κ2) is 8.29. The number of hydrogen-bond donors (Lipinski definition) is 1. The summed E-state index contributed by atoms with van der Waals surface area (Å²) in [7, 11) is 0. The van der Waals surface area contributed by atoms with Gasteiger partial charge < -0.3 is 10.2 Å². The Bertz CT molecular complexity index is 1450. The first-order chi connectivity index (χ1) is 17.2. The molecule has 2 aliphatic rings. The van der Waals surface area contributed by atoms with E-state index in [1.54, 1.807) is 15.9 Å². The normalized spacial score (nSPS) is 18.6. The van der Waals surface area contributed by atoms with Gasteiger partial charge >= 0.3 is 0 Å². The maximum absolute atomic E-state index is 14.4. The van der Waals surface area contributed by atoms with Crippen LogP contribution in [0.5, 0.6) is 0 Å². The number of hydrogen-bond acceptors (Lipinski definition) is 3. The second-order valence-electron chi connectivity index (χ2n) is 8.60. The van der Waals surface area contributed by atoms with Crippen molar-refractivity contribution in [3.63, 3.8) is 0 Å². The van der Waals surface area contributed by atoms with Crippen LogP contribution < -0.4 is 15.1 Å². The molecule has 0 saturated heterocycles. The standard InChI is InChI=1S/C30H23N3O2/c34-28-24-17-7-9-19-26(24)31-30(33(28)23-15-5-2-6-16-23)25-18-8-10-20-27(25)32(29(30)35)21-11-14-22-12-3-1-4-13-22/h1-20,31H,21H2. The summed E-state index contributed by atoms with van der Waals surface area (Å²) in [5.41, 5.74) is 3.06. The first kappa shape index (κ1) is 20.9. The molecule has 0 bridgehead atoms. The smallest absolute Gasteiger partial charge is 0.279 e. The summed E-state index contributed by atoms with van der Waals surface area (Å²) in [5, 5.41) is 3.49. The zero-order chi connectivity index (χ0) is 23.8. The zero-order valence-corrected chi connectivity index (χ0v) is 19.0. The van der Waals surface area contributed by atoms with E-state index >= 15 is 0 Å². The maximum Gasteiger partial charge on any atom is 0.279 e. The lowest BCUT2D eigenvalue weighted by Gasteiger charge is -2.45. The summed E-state index contributed by atoms with van der Waals surface area (Å²) in [4.78, 5) is 31.7. The van der Waals surface area contributed by atoms with Crippen molar-refractivity contribution in [3.05, 3.63) is 132 Å². The van der Waals surface area contributed by atoms with Crippen LogP contribution in [0.4, 0.5) is 17.1 Å². The predicted octanol–water partition coefficient (Wildman–Crippen LogP) is 5.67. The Labute approximate surface area is 203 Å². The largest absolute Gasteiger partial charge is 0.350 e. The van der Waals surface area contributed by atoms with E-state index in [0.29, 0.717) is 23.5 Å². The molecule has 0 aromatic heterocycles. The highest BCUT2D eigenvalue weighted by Gasteiger charge is 2.59. The van der Waals surface area contributed by atoms with Crippen molar-refractivity contribution in [1.82, 2.24) is 0 Å². The number of benzene rings is 4. The molecular weight excluding hydrogens is 434 g/mol. The van der Waals surface area contributed by atoms with E-state index in [4.69, 9.17) is 0 Å². The molecule has 2 amide bonds. The third-order valence-electron chi connectivity index (χ3n) is 6.56. The summed E-state index contributed by atoms with van der Waals surface area (Å²) >= 11 is 0. The molecule has 6 rings (SSSR count). The lowest BCUT2D eigenvalue weighted by atomic mass is 9.92. The van der Waals surface area contributed by atoms with Crippen LogP contribution in [0.1, 0.15) is 21.5 Å². The van der Waals surface area contributed by atoms with Crippen LogP contribution in [0.15, 0.2) is 115 Å². The van der Waals surface area contributed by atoms with Crippen molar-refractivity contribution in [2.45, 2.75) is 5.66 Å². The lowest BCUT2D eigenvalue weighted by molar-refractivity contribution is -0.122. The van der Waals surface area contributed by atoms with E-state index in [1.165, 1.54) is 0 Å². The quantitative estimate of drug-likeness (QED) is 0.430. The van der Waals surface area contributed by atoms with Gasteiger partial charge in [0.1, 0.15) is 0 Å². The molecule has 0 fully saturated rings. The fourth-order valence-corrected chi connectivity index (χ4v) is 5.00. The Morgan fingerprint density at radius 2 is 1.40 bits per heavy atom. The minimum atomic E-state index is -1.38. The summed E-state index contributed by atoms with van der Waals surface area (Å²) in [6.07, 6.45) is 3.99. The fraction of sp³-hybridized carbons (Fsp3) is 0.0667. The first-order valence-electron chi connectivity index (χ1n) is 11.6. The SMILES string of the molecule is O=C1c2ccccc2NC2(C(=O)N(CC=Cc3ccccc3)c3ccccc32)N1c1ccccc1. The molecule has 170 valence electrons. The molecule has 4 aromatic carbocycles. The van der Waals surface area contributed by atoms with Crippen LogP contribution in [0.25, 0.3) is 6.08 Å². The molecule has 0 aliphatic carbocycles. The van der Waals surface area contributed by atoms with Crippen molar-refractivity contribution in [1.29, 1.82) is 0 Å². The summed E-state index contributed by atoms with van der Waals surface area (Å²) < 4.78 is 0. The summed E-state index contributed by atoms with van der Waals surface area (Å²) in [6.45, 7) is 0.382. The molecule has 1 atom stereocenters. The highest BCUT2D eigenvalue weighted by atomic mass is 16.2. The number of anilines is 3. The highest BCUT2D eigenvalue weighted by molar-refractivity contribution is 6.22. The number of carbonyl (C=O) groups excluding carboxylic acids is 2. The minimum Gasteiger partial charge on any atom is -0.350 e. The van der Waals surface area contributed by atoms with Crippen molar-refractivity contribution in [2.24, 2.45) is 0 Å². The predicted molar refractivity (Wildman–Crippen MR) is 139 cm³/mol. The van der Waals surface area contributed by atoms with Crippen LogP contribution in [-0.2, 0) is 10.5 Å². The maximum atomic E-state index is 14.4. The Kier molecular flexibility index (Phi) is 4.96. The molecule has 0 radical (unpaired) electrons. The van der Waals surface area contributed by atoms with Crippen molar-refractivity contribution < 1.29 is 9.59 Å². The summed E-state index contributed by atoms with van der Waals surface area (Å²) in [5.74, 6) is -0.404. The number of rotatable bonds is 4. The monoisotopic (exact) mass is 457 g/mol. The Morgan fingerprint density at radius 1 is 0.743 bits per heavy atom. The summed E-state index contributed by atoms with van der Waals surface area (Å²) in [6, 6.07) is 34.4. The van der Waals surface area contributed by atoms with Gasteiger partial charge in [-0.15, -0.1) is 0 Å².